The number of hydrogen-bond acceptors (Lipinski definition) is 0. The van der Waals surface area contributed by atoms with E-state index in [2.05, 4.69) is 41.5 Å². The molecule has 1 rings (SSSR count). The van der Waals surface area contributed by atoms with Gasteiger partial charge in [0.25, 0.3) is 0 Å². The molecule has 0 amide bonds. The third-order valence-electron chi connectivity index (χ3n) is 3.34. The van der Waals surface area contributed by atoms with Crippen LogP contribution in [-0.2, 0) is 21.7 Å². The van der Waals surface area contributed by atoms with Crippen molar-refractivity contribution in [1.82, 2.24) is 0 Å². The van der Waals surface area contributed by atoms with Gasteiger partial charge in [0.1, 0.15) is 0 Å². The van der Waals surface area contributed by atoms with E-state index in [-0.39, 0.29) is 64.4 Å². The average molecular weight is 303 g/mol. The largest absolute Gasteiger partial charge is 4.00 e. The van der Waals surface area contributed by atoms with Crippen LogP contribution in [0.1, 0.15) is 34.6 Å². The molecule has 0 bridgehead atoms. The monoisotopic (exact) mass is 302 g/mol. The Balaban J connectivity index is -0.000000151. The van der Waals surface area contributed by atoms with Gasteiger partial charge in [0.2, 0.25) is 0 Å². The van der Waals surface area contributed by atoms with Crippen molar-refractivity contribution in [3.05, 3.63) is 29.2 Å². The van der Waals surface area contributed by atoms with Gasteiger partial charge in [0.05, 0.1) is 0 Å². The van der Waals surface area contributed by atoms with Gasteiger partial charge in [-0.25, -0.2) is 0 Å². The Morgan fingerprint density at radius 1 is 0.800 bits per heavy atom. The molecular weight excluding hydrogens is 286 g/mol. The molecule has 0 heterocycles. The summed E-state index contributed by atoms with van der Waals surface area (Å²) < 4.78 is 0. The SMILES string of the molecule is [CH2-]C1(C)C(C)=C(C)C(C)=C1C.[Cl-].[Cl-].[Cl-].[Ti+4]. The minimum Gasteiger partial charge on any atom is -1.00 e. The van der Waals surface area contributed by atoms with Gasteiger partial charge < -0.3 is 44.1 Å². The van der Waals surface area contributed by atoms with E-state index in [1.165, 1.54) is 22.3 Å². The number of halogens is 3. The number of rotatable bonds is 0. The maximum atomic E-state index is 4.22. The Morgan fingerprint density at radius 2 is 1.00 bits per heavy atom. The van der Waals surface area contributed by atoms with Crippen LogP contribution < -0.4 is 37.2 Å². The third-order valence-corrected chi connectivity index (χ3v) is 3.34. The molecule has 0 atom stereocenters. The molecule has 15 heavy (non-hydrogen) atoms. The molecule has 0 unspecified atom stereocenters. The van der Waals surface area contributed by atoms with E-state index >= 15 is 0 Å². The Bertz CT molecular complexity index is 239. The first-order valence-electron chi connectivity index (χ1n) is 4.10. The molecule has 0 nitrogen and oxygen atoms in total. The van der Waals surface area contributed by atoms with E-state index in [1.807, 2.05) is 0 Å². The van der Waals surface area contributed by atoms with Crippen LogP contribution in [0.5, 0.6) is 0 Å². The molecule has 86 valence electrons. The summed E-state index contributed by atoms with van der Waals surface area (Å²) >= 11 is 0. The van der Waals surface area contributed by atoms with Crippen molar-refractivity contribution in [2.75, 3.05) is 0 Å². The van der Waals surface area contributed by atoms with Gasteiger partial charge in [0, 0.05) is 0 Å². The summed E-state index contributed by atoms with van der Waals surface area (Å²) in [6, 6.07) is 0. The van der Waals surface area contributed by atoms with Crippen molar-refractivity contribution in [3.8, 4) is 0 Å². The molecule has 0 saturated carbocycles. The molecule has 0 saturated heterocycles. The fourth-order valence-electron chi connectivity index (χ4n) is 1.67. The predicted molar refractivity (Wildman–Crippen MR) is 50.2 cm³/mol. The van der Waals surface area contributed by atoms with Crippen LogP contribution in [0.15, 0.2) is 22.3 Å². The minimum absolute atomic E-state index is 0. The molecule has 0 aromatic rings. The second-order valence-corrected chi connectivity index (χ2v) is 3.83. The van der Waals surface area contributed by atoms with E-state index in [1.54, 1.807) is 0 Å². The Morgan fingerprint density at radius 3 is 1.07 bits per heavy atom. The van der Waals surface area contributed by atoms with E-state index < -0.39 is 0 Å². The third kappa shape index (κ3) is 4.09. The predicted octanol–water partition coefficient (Wildman–Crippen LogP) is -5.48. The van der Waals surface area contributed by atoms with Gasteiger partial charge in [-0.3, -0.25) is 0 Å². The molecule has 0 aromatic heterocycles. The number of allylic oxidation sites excluding steroid dienone is 4. The molecule has 0 aliphatic heterocycles. The van der Waals surface area contributed by atoms with Crippen molar-refractivity contribution in [3.63, 3.8) is 0 Å². The topological polar surface area (TPSA) is 0 Å². The number of hydrogen-bond donors (Lipinski definition) is 0. The van der Waals surface area contributed by atoms with Gasteiger partial charge in [-0.1, -0.05) is 29.2 Å². The van der Waals surface area contributed by atoms with E-state index in [9.17, 15) is 0 Å². The molecule has 4 heteroatoms. The molecule has 1 aliphatic rings. The van der Waals surface area contributed by atoms with Crippen LogP contribution in [0.3, 0.4) is 0 Å². The van der Waals surface area contributed by atoms with Crippen LogP contribution in [0.4, 0.5) is 0 Å². The summed E-state index contributed by atoms with van der Waals surface area (Å²) in [5.41, 5.74) is 5.77. The van der Waals surface area contributed by atoms with Gasteiger partial charge in [0.15, 0.2) is 0 Å². The van der Waals surface area contributed by atoms with E-state index in [4.69, 9.17) is 0 Å². The summed E-state index contributed by atoms with van der Waals surface area (Å²) in [5.74, 6) is 0. The van der Waals surface area contributed by atoms with Crippen molar-refractivity contribution in [2.24, 2.45) is 5.41 Å². The summed E-state index contributed by atoms with van der Waals surface area (Å²) in [5, 5.41) is 0. The second-order valence-electron chi connectivity index (χ2n) is 3.83. The van der Waals surface area contributed by atoms with Crippen LogP contribution in [0.2, 0.25) is 0 Å². The van der Waals surface area contributed by atoms with Crippen LogP contribution in [0, 0.1) is 12.3 Å². The molecule has 0 aromatic carbocycles. The van der Waals surface area contributed by atoms with Crippen molar-refractivity contribution in [1.29, 1.82) is 0 Å². The van der Waals surface area contributed by atoms with Crippen molar-refractivity contribution < 1.29 is 58.9 Å². The first kappa shape index (κ1) is 25.0. The van der Waals surface area contributed by atoms with E-state index in [0.29, 0.717) is 0 Å². The quantitative estimate of drug-likeness (QED) is 0.309. The van der Waals surface area contributed by atoms with Crippen LogP contribution in [0.25, 0.3) is 0 Å². The fourth-order valence-corrected chi connectivity index (χ4v) is 1.67. The van der Waals surface area contributed by atoms with Gasteiger partial charge in [-0.05, 0) is 27.7 Å². The smallest absolute Gasteiger partial charge is 1.00 e. The average Bonchev–Trinajstić information content (AvgIpc) is 2.06. The molecule has 1 aliphatic carbocycles. The van der Waals surface area contributed by atoms with E-state index in [0.717, 1.165) is 0 Å². The summed E-state index contributed by atoms with van der Waals surface area (Å²) in [6.45, 7) is 15.1. The van der Waals surface area contributed by atoms with Crippen LogP contribution in [-0.4, -0.2) is 0 Å². The standard InChI is InChI=1S/C11H17.3ClH.Ti/c1-7-8(2)10(4)11(5,6)9(7)3;;;;/h5H2,1-4,6H3;3*1H;/q-1;;;;+4/p-3. The molecule has 0 fully saturated rings. The Hall–Kier alpha value is 1.06. The zero-order chi connectivity index (χ0) is 8.81. The van der Waals surface area contributed by atoms with Crippen LogP contribution >= 0.6 is 0 Å². The molecule has 0 spiro atoms. The summed E-state index contributed by atoms with van der Waals surface area (Å²) in [7, 11) is 0. The first-order chi connectivity index (χ1) is 4.89. The normalized spacial score (nSPS) is 17.2. The maximum Gasteiger partial charge on any atom is 4.00 e. The van der Waals surface area contributed by atoms with Gasteiger partial charge in [-0.2, -0.15) is 0 Å². The van der Waals surface area contributed by atoms with Gasteiger partial charge in [-0.15, -0.1) is 5.41 Å². The first-order valence-corrected chi connectivity index (χ1v) is 4.10. The molecule has 0 radical (unpaired) electrons. The second kappa shape index (κ2) is 8.20. The molecule has 0 N–H and O–H groups in total. The van der Waals surface area contributed by atoms with Gasteiger partial charge >= 0.3 is 21.7 Å². The maximum absolute atomic E-state index is 4.22. The van der Waals surface area contributed by atoms with Crippen molar-refractivity contribution in [2.45, 2.75) is 34.6 Å². The molecular formula is C11H17Cl3Ti. The summed E-state index contributed by atoms with van der Waals surface area (Å²) in [6.07, 6.45) is 0. The fraction of sp³-hybridized carbons (Fsp3) is 0.545. The minimum atomic E-state index is 0. The zero-order valence-electron chi connectivity index (χ0n) is 9.84. The van der Waals surface area contributed by atoms with Crippen molar-refractivity contribution >= 4 is 0 Å². The Labute approximate surface area is 127 Å². The summed E-state index contributed by atoms with van der Waals surface area (Å²) in [4.78, 5) is 0. The zero-order valence-corrected chi connectivity index (χ0v) is 13.7. The Kier molecular flexibility index (Phi) is 13.7.